The average molecular weight is 250 g/mol. The van der Waals surface area contributed by atoms with Crippen LogP contribution in [0.4, 0.5) is 0 Å². The van der Waals surface area contributed by atoms with Crippen molar-refractivity contribution in [1.82, 2.24) is 14.7 Å². The number of rotatable bonds is 5. The van der Waals surface area contributed by atoms with E-state index in [2.05, 4.69) is 37.0 Å². The van der Waals surface area contributed by atoms with Gasteiger partial charge in [0.2, 0.25) is 0 Å². The summed E-state index contributed by atoms with van der Waals surface area (Å²) >= 11 is 0. The Morgan fingerprint density at radius 2 is 2.22 bits per heavy atom. The minimum absolute atomic E-state index is 0.327. The van der Waals surface area contributed by atoms with E-state index in [0.717, 1.165) is 6.54 Å². The van der Waals surface area contributed by atoms with Crippen molar-refractivity contribution in [3.8, 4) is 0 Å². The molecule has 18 heavy (non-hydrogen) atoms. The predicted octanol–water partition coefficient (Wildman–Crippen LogP) is 2.17. The Labute approximate surface area is 110 Å². The molecule has 1 aliphatic heterocycles. The third kappa shape index (κ3) is 2.45. The highest BCUT2D eigenvalue weighted by Gasteiger charge is 2.35. The molecule has 3 unspecified atom stereocenters. The van der Waals surface area contributed by atoms with Gasteiger partial charge in [0.05, 0.1) is 12.2 Å². The maximum absolute atomic E-state index is 6.04. The fraction of sp³-hybridized carbons (Fsp3) is 0.786. The van der Waals surface area contributed by atoms with E-state index in [1.807, 2.05) is 10.9 Å². The second-order valence-electron chi connectivity index (χ2n) is 5.32. The van der Waals surface area contributed by atoms with Crippen molar-refractivity contribution in [2.45, 2.75) is 64.7 Å². The van der Waals surface area contributed by atoms with E-state index in [4.69, 9.17) is 5.73 Å². The third-order valence-electron chi connectivity index (χ3n) is 4.26. The SMILES string of the molecule is CCC1CCC(C)N1C(CN)c1cnn(CC)c1. The molecule has 4 heteroatoms. The van der Waals surface area contributed by atoms with E-state index in [0.29, 0.717) is 24.7 Å². The lowest BCUT2D eigenvalue weighted by molar-refractivity contribution is 0.137. The number of hydrogen-bond donors (Lipinski definition) is 1. The molecule has 1 aromatic rings. The van der Waals surface area contributed by atoms with Crippen molar-refractivity contribution in [2.75, 3.05) is 6.54 Å². The van der Waals surface area contributed by atoms with Gasteiger partial charge in [-0.3, -0.25) is 9.58 Å². The van der Waals surface area contributed by atoms with Gasteiger partial charge < -0.3 is 5.73 Å². The number of nitrogens with zero attached hydrogens (tertiary/aromatic N) is 3. The fourth-order valence-corrected chi connectivity index (χ4v) is 3.22. The average Bonchev–Trinajstić information content (AvgIpc) is 2.99. The van der Waals surface area contributed by atoms with Crippen molar-refractivity contribution < 1.29 is 0 Å². The van der Waals surface area contributed by atoms with Crippen molar-refractivity contribution >= 4 is 0 Å². The van der Waals surface area contributed by atoms with Gasteiger partial charge in [-0.2, -0.15) is 5.10 Å². The first-order chi connectivity index (χ1) is 8.71. The lowest BCUT2D eigenvalue weighted by Gasteiger charge is -2.35. The molecule has 1 aromatic heterocycles. The normalized spacial score (nSPS) is 26.7. The quantitative estimate of drug-likeness (QED) is 0.871. The molecule has 1 fully saturated rings. The second kappa shape index (κ2) is 5.85. The Balaban J connectivity index is 2.21. The number of likely N-dealkylation sites (tertiary alicyclic amines) is 1. The molecule has 0 bridgehead atoms. The standard InChI is InChI=1S/C14H26N4/c1-4-13-7-6-11(3)18(13)14(8-15)12-9-16-17(5-2)10-12/h9-11,13-14H,4-8,15H2,1-3H3. The Morgan fingerprint density at radius 1 is 1.44 bits per heavy atom. The predicted molar refractivity (Wildman–Crippen MR) is 74.3 cm³/mol. The van der Waals surface area contributed by atoms with Gasteiger partial charge in [-0.1, -0.05) is 6.92 Å². The minimum Gasteiger partial charge on any atom is -0.329 e. The minimum atomic E-state index is 0.327. The summed E-state index contributed by atoms with van der Waals surface area (Å²) in [6, 6.07) is 1.64. The van der Waals surface area contributed by atoms with Gasteiger partial charge in [0.1, 0.15) is 0 Å². The molecule has 0 spiro atoms. The van der Waals surface area contributed by atoms with Crippen LogP contribution in [0.15, 0.2) is 12.4 Å². The van der Waals surface area contributed by atoms with Crippen molar-refractivity contribution in [1.29, 1.82) is 0 Å². The zero-order chi connectivity index (χ0) is 13.1. The van der Waals surface area contributed by atoms with Crippen molar-refractivity contribution in [2.24, 2.45) is 5.73 Å². The zero-order valence-corrected chi connectivity index (χ0v) is 11.8. The first-order valence-electron chi connectivity index (χ1n) is 7.21. The molecule has 3 atom stereocenters. The van der Waals surface area contributed by atoms with Crippen LogP contribution in [0.5, 0.6) is 0 Å². The van der Waals surface area contributed by atoms with Gasteiger partial charge in [-0.05, 0) is 33.1 Å². The molecule has 1 aliphatic rings. The number of aryl methyl sites for hydroxylation is 1. The highest BCUT2D eigenvalue weighted by Crippen LogP contribution is 2.34. The lowest BCUT2D eigenvalue weighted by Crippen LogP contribution is -2.40. The number of nitrogens with two attached hydrogens (primary N) is 1. The van der Waals surface area contributed by atoms with E-state index in [1.165, 1.54) is 24.8 Å². The van der Waals surface area contributed by atoms with Crippen LogP contribution in [0.3, 0.4) is 0 Å². The molecular formula is C14H26N4. The Bertz CT molecular complexity index is 374. The van der Waals surface area contributed by atoms with E-state index >= 15 is 0 Å². The largest absolute Gasteiger partial charge is 0.329 e. The second-order valence-corrected chi connectivity index (χ2v) is 5.32. The molecule has 0 radical (unpaired) electrons. The first kappa shape index (κ1) is 13.6. The molecule has 0 aliphatic carbocycles. The Hall–Kier alpha value is -0.870. The van der Waals surface area contributed by atoms with Crippen LogP contribution in [-0.4, -0.2) is 33.3 Å². The van der Waals surface area contributed by atoms with Crippen LogP contribution in [0.25, 0.3) is 0 Å². The van der Waals surface area contributed by atoms with E-state index in [1.54, 1.807) is 0 Å². The zero-order valence-electron chi connectivity index (χ0n) is 11.8. The van der Waals surface area contributed by atoms with E-state index in [9.17, 15) is 0 Å². The topological polar surface area (TPSA) is 47.1 Å². The maximum atomic E-state index is 6.04. The Kier molecular flexibility index (Phi) is 4.40. The van der Waals surface area contributed by atoms with Gasteiger partial charge in [-0.15, -0.1) is 0 Å². The molecule has 102 valence electrons. The van der Waals surface area contributed by atoms with Crippen LogP contribution in [-0.2, 0) is 6.54 Å². The van der Waals surface area contributed by atoms with Crippen molar-refractivity contribution in [3.05, 3.63) is 18.0 Å². The van der Waals surface area contributed by atoms with Gasteiger partial charge in [-0.25, -0.2) is 0 Å². The molecule has 0 saturated carbocycles. The molecule has 0 amide bonds. The van der Waals surface area contributed by atoms with Crippen LogP contribution < -0.4 is 5.73 Å². The summed E-state index contributed by atoms with van der Waals surface area (Å²) in [6.07, 6.45) is 7.93. The molecule has 2 N–H and O–H groups in total. The van der Waals surface area contributed by atoms with Crippen LogP contribution in [0, 0.1) is 0 Å². The number of aromatic nitrogens is 2. The smallest absolute Gasteiger partial charge is 0.0538 e. The van der Waals surface area contributed by atoms with E-state index < -0.39 is 0 Å². The molecule has 0 aromatic carbocycles. The van der Waals surface area contributed by atoms with Gasteiger partial charge in [0.15, 0.2) is 0 Å². The van der Waals surface area contributed by atoms with Gasteiger partial charge in [0.25, 0.3) is 0 Å². The number of hydrogen-bond acceptors (Lipinski definition) is 3. The molecule has 2 heterocycles. The highest BCUT2D eigenvalue weighted by atomic mass is 15.3. The lowest BCUT2D eigenvalue weighted by atomic mass is 10.1. The molecule has 4 nitrogen and oxygen atoms in total. The monoisotopic (exact) mass is 250 g/mol. The summed E-state index contributed by atoms with van der Waals surface area (Å²) in [7, 11) is 0. The molecule has 1 saturated heterocycles. The molecular weight excluding hydrogens is 224 g/mol. The summed E-state index contributed by atoms with van der Waals surface area (Å²) < 4.78 is 1.99. The summed E-state index contributed by atoms with van der Waals surface area (Å²) in [4.78, 5) is 2.61. The fourth-order valence-electron chi connectivity index (χ4n) is 3.22. The van der Waals surface area contributed by atoms with Crippen LogP contribution >= 0.6 is 0 Å². The van der Waals surface area contributed by atoms with Crippen LogP contribution in [0.1, 0.15) is 51.6 Å². The van der Waals surface area contributed by atoms with Crippen LogP contribution in [0.2, 0.25) is 0 Å². The summed E-state index contributed by atoms with van der Waals surface area (Å²) in [5, 5.41) is 4.39. The molecule has 2 rings (SSSR count). The Morgan fingerprint density at radius 3 is 2.78 bits per heavy atom. The van der Waals surface area contributed by atoms with Gasteiger partial charge >= 0.3 is 0 Å². The maximum Gasteiger partial charge on any atom is 0.0538 e. The summed E-state index contributed by atoms with van der Waals surface area (Å²) in [5.41, 5.74) is 7.31. The van der Waals surface area contributed by atoms with E-state index in [-0.39, 0.29) is 0 Å². The van der Waals surface area contributed by atoms with Gasteiger partial charge in [0, 0.05) is 36.9 Å². The summed E-state index contributed by atoms with van der Waals surface area (Å²) in [6.45, 7) is 8.31. The summed E-state index contributed by atoms with van der Waals surface area (Å²) in [5.74, 6) is 0. The first-order valence-corrected chi connectivity index (χ1v) is 7.21. The highest BCUT2D eigenvalue weighted by molar-refractivity contribution is 5.13. The van der Waals surface area contributed by atoms with Crippen molar-refractivity contribution in [3.63, 3.8) is 0 Å². The third-order valence-corrected chi connectivity index (χ3v) is 4.26.